The zero-order valence-electron chi connectivity index (χ0n) is 11.9. The van der Waals surface area contributed by atoms with E-state index in [0.717, 1.165) is 11.1 Å². The molecule has 1 aromatic heterocycles. The summed E-state index contributed by atoms with van der Waals surface area (Å²) in [5.74, 6) is 0. The number of aromatic nitrogens is 3. The Morgan fingerprint density at radius 2 is 1.83 bits per heavy atom. The zero-order valence-corrected chi connectivity index (χ0v) is 14.3. The molecule has 0 radical (unpaired) electrons. The van der Waals surface area contributed by atoms with Crippen molar-refractivity contribution < 1.29 is 0 Å². The molecule has 1 heterocycles. The molecule has 4 nitrogen and oxygen atoms in total. The average molecular weight is 363 g/mol. The second kappa shape index (κ2) is 7.08. The van der Waals surface area contributed by atoms with Gasteiger partial charge in [0, 0.05) is 10.0 Å². The molecule has 3 aromatic rings. The minimum absolute atomic E-state index is 0.495. The molecular formula is C16H12Cl2N4S. The maximum absolute atomic E-state index is 6.16. The maximum Gasteiger partial charge on any atom is 0.219 e. The first kappa shape index (κ1) is 15.9. The van der Waals surface area contributed by atoms with Crippen LogP contribution in [-0.2, 0) is 6.54 Å². The van der Waals surface area contributed by atoms with E-state index in [1.54, 1.807) is 21.9 Å². The van der Waals surface area contributed by atoms with E-state index >= 15 is 0 Å². The van der Waals surface area contributed by atoms with Crippen molar-refractivity contribution in [1.82, 2.24) is 14.5 Å². The van der Waals surface area contributed by atoms with Crippen LogP contribution in [0.5, 0.6) is 0 Å². The number of hydrogen-bond acceptors (Lipinski definition) is 3. The van der Waals surface area contributed by atoms with Gasteiger partial charge >= 0.3 is 0 Å². The van der Waals surface area contributed by atoms with Gasteiger partial charge in [-0.25, -0.2) is 4.68 Å². The lowest BCUT2D eigenvalue weighted by Crippen LogP contribution is -2.03. The molecule has 0 fully saturated rings. The van der Waals surface area contributed by atoms with Gasteiger partial charge in [0.15, 0.2) is 0 Å². The quantitative estimate of drug-likeness (QED) is 0.500. The fourth-order valence-electron chi connectivity index (χ4n) is 1.98. The van der Waals surface area contributed by atoms with Gasteiger partial charge in [-0.15, -0.1) is 0 Å². The molecule has 0 amide bonds. The summed E-state index contributed by atoms with van der Waals surface area (Å²) in [7, 11) is 0. The molecule has 0 unspecified atom stereocenters. The van der Waals surface area contributed by atoms with E-state index in [4.69, 9.17) is 35.4 Å². The highest BCUT2D eigenvalue weighted by Crippen LogP contribution is 2.16. The number of benzene rings is 2. The van der Waals surface area contributed by atoms with Gasteiger partial charge in [-0.3, -0.25) is 0 Å². The Morgan fingerprint density at radius 3 is 2.57 bits per heavy atom. The van der Waals surface area contributed by atoms with E-state index in [0.29, 0.717) is 21.4 Å². The lowest BCUT2D eigenvalue weighted by molar-refractivity contribution is 0.666. The van der Waals surface area contributed by atoms with Crippen LogP contribution in [0, 0.1) is 4.77 Å². The molecule has 0 aliphatic heterocycles. The van der Waals surface area contributed by atoms with Crippen molar-refractivity contribution in [3.8, 4) is 0 Å². The number of nitrogens with zero attached hydrogens (tertiary/aromatic N) is 4. The number of rotatable bonds is 4. The molecule has 0 saturated heterocycles. The molecule has 0 atom stereocenters. The van der Waals surface area contributed by atoms with Crippen molar-refractivity contribution in [3.05, 3.63) is 80.8 Å². The van der Waals surface area contributed by atoms with Crippen molar-refractivity contribution in [2.45, 2.75) is 6.54 Å². The molecule has 0 aliphatic rings. The molecule has 0 N–H and O–H groups in total. The summed E-state index contributed by atoms with van der Waals surface area (Å²) in [5.41, 5.74) is 1.88. The molecule has 0 bridgehead atoms. The van der Waals surface area contributed by atoms with E-state index < -0.39 is 0 Å². The second-order valence-electron chi connectivity index (χ2n) is 4.80. The molecule has 23 heavy (non-hydrogen) atoms. The lowest BCUT2D eigenvalue weighted by atomic mass is 10.2. The smallest absolute Gasteiger partial charge is 0.219 e. The third-order valence-corrected chi connectivity index (χ3v) is 4.21. The molecule has 2 aromatic carbocycles. The van der Waals surface area contributed by atoms with E-state index in [1.165, 1.54) is 0 Å². The Morgan fingerprint density at radius 1 is 1.09 bits per heavy atom. The zero-order chi connectivity index (χ0) is 16.2. The minimum atomic E-state index is 0.495. The Balaban J connectivity index is 1.81. The van der Waals surface area contributed by atoms with Crippen LogP contribution in [0.1, 0.15) is 11.1 Å². The number of halogens is 2. The monoisotopic (exact) mass is 362 g/mol. The van der Waals surface area contributed by atoms with E-state index in [1.807, 2.05) is 48.5 Å². The van der Waals surface area contributed by atoms with Crippen molar-refractivity contribution in [1.29, 1.82) is 0 Å². The molecule has 116 valence electrons. The van der Waals surface area contributed by atoms with Crippen molar-refractivity contribution in [2.24, 2.45) is 5.10 Å². The second-order valence-corrected chi connectivity index (χ2v) is 6.01. The standard InChI is InChI=1S/C16H12Cl2N4S/c17-14-7-5-12(6-8-14)9-19-22-11-20-21(16(22)23)10-13-3-1-2-4-15(13)18/h1-9,11H,10H2/b19-9-. The van der Waals surface area contributed by atoms with Crippen LogP contribution in [-0.4, -0.2) is 20.7 Å². The molecule has 0 aliphatic carbocycles. The van der Waals surface area contributed by atoms with Crippen molar-refractivity contribution in [2.75, 3.05) is 0 Å². The van der Waals surface area contributed by atoms with E-state index in [-0.39, 0.29) is 0 Å². The highest BCUT2D eigenvalue weighted by molar-refractivity contribution is 7.71. The van der Waals surface area contributed by atoms with E-state index in [9.17, 15) is 0 Å². The predicted octanol–water partition coefficient (Wildman–Crippen LogP) is 4.65. The van der Waals surface area contributed by atoms with Gasteiger partial charge in [-0.1, -0.05) is 53.5 Å². The first-order valence-corrected chi connectivity index (χ1v) is 7.98. The topological polar surface area (TPSA) is 35.1 Å². The molecule has 7 heteroatoms. The van der Waals surface area contributed by atoms with Gasteiger partial charge in [0.2, 0.25) is 4.77 Å². The molecule has 3 rings (SSSR count). The lowest BCUT2D eigenvalue weighted by Gasteiger charge is -2.03. The molecule has 0 spiro atoms. The summed E-state index contributed by atoms with van der Waals surface area (Å²) < 4.78 is 3.71. The minimum Gasteiger partial charge on any atom is -0.232 e. The van der Waals surface area contributed by atoms with Gasteiger partial charge in [-0.2, -0.15) is 14.9 Å². The Labute approximate surface area is 148 Å². The normalized spacial score (nSPS) is 11.2. The van der Waals surface area contributed by atoms with Gasteiger partial charge in [-0.05, 0) is 41.5 Å². The maximum atomic E-state index is 6.16. The largest absolute Gasteiger partial charge is 0.232 e. The summed E-state index contributed by atoms with van der Waals surface area (Å²) >= 11 is 17.4. The first-order valence-electron chi connectivity index (χ1n) is 6.81. The van der Waals surface area contributed by atoms with Crippen LogP contribution in [0.3, 0.4) is 0 Å². The van der Waals surface area contributed by atoms with Crippen LogP contribution in [0.2, 0.25) is 10.0 Å². The predicted molar refractivity (Wildman–Crippen MR) is 96.0 cm³/mol. The van der Waals surface area contributed by atoms with Crippen LogP contribution in [0.25, 0.3) is 0 Å². The van der Waals surface area contributed by atoms with Gasteiger partial charge < -0.3 is 0 Å². The molecule has 0 saturated carbocycles. The van der Waals surface area contributed by atoms with Gasteiger partial charge in [0.1, 0.15) is 6.33 Å². The Hall–Kier alpha value is -1.95. The molecular weight excluding hydrogens is 351 g/mol. The average Bonchev–Trinajstić information content (AvgIpc) is 2.90. The number of hydrogen-bond donors (Lipinski definition) is 0. The third kappa shape index (κ3) is 3.88. The Kier molecular flexibility index (Phi) is 4.91. The van der Waals surface area contributed by atoms with Crippen LogP contribution >= 0.6 is 35.4 Å². The SMILES string of the molecule is S=c1n(/N=C\c2ccc(Cl)cc2)cnn1Cc1ccccc1Cl. The third-order valence-electron chi connectivity index (χ3n) is 3.20. The van der Waals surface area contributed by atoms with Crippen LogP contribution in [0.15, 0.2) is 60.0 Å². The fourth-order valence-corrected chi connectivity index (χ4v) is 2.51. The van der Waals surface area contributed by atoms with Crippen LogP contribution in [0.4, 0.5) is 0 Å². The van der Waals surface area contributed by atoms with Crippen molar-refractivity contribution in [3.63, 3.8) is 0 Å². The van der Waals surface area contributed by atoms with Gasteiger partial charge in [0.05, 0.1) is 12.8 Å². The fraction of sp³-hybridized carbons (Fsp3) is 0.0625. The Bertz CT molecular complexity index is 897. The first-order chi connectivity index (χ1) is 11.1. The van der Waals surface area contributed by atoms with E-state index in [2.05, 4.69) is 10.2 Å². The summed E-state index contributed by atoms with van der Waals surface area (Å²) in [4.78, 5) is 0. The van der Waals surface area contributed by atoms with Crippen LogP contribution < -0.4 is 0 Å². The summed E-state index contributed by atoms with van der Waals surface area (Å²) in [6.07, 6.45) is 3.28. The summed E-state index contributed by atoms with van der Waals surface area (Å²) in [6.45, 7) is 0.502. The van der Waals surface area contributed by atoms with Gasteiger partial charge in [0.25, 0.3) is 0 Å². The summed E-state index contributed by atoms with van der Waals surface area (Å²) in [6, 6.07) is 15.0. The summed E-state index contributed by atoms with van der Waals surface area (Å²) in [5, 5.41) is 9.95. The van der Waals surface area contributed by atoms with Crippen molar-refractivity contribution >= 4 is 41.6 Å². The highest BCUT2D eigenvalue weighted by atomic mass is 35.5. The highest BCUT2D eigenvalue weighted by Gasteiger charge is 2.04.